The van der Waals surface area contributed by atoms with E-state index in [1.165, 1.54) is 5.56 Å². The fourth-order valence-corrected chi connectivity index (χ4v) is 1.99. The molecule has 2 aromatic rings. The smallest absolute Gasteiger partial charge is 0.219 e. The van der Waals surface area contributed by atoms with Gasteiger partial charge in [-0.2, -0.15) is 0 Å². The topological polar surface area (TPSA) is 38.9 Å². The summed E-state index contributed by atoms with van der Waals surface area (Å²) >= 11 is 3.46. The highest BCUT2D eigenvalue weighted by Gasteiger charge is 2.09. The average molecular weight is 295 g/mol. The minimum absolute atomic E-state index is 0.294. The predicted octanol–water partition coefficient (Wildman–Crippen LogP) is 3.74. The summed E-state index contributed by atoms with van der Waals surface area (Å²) in [4.78, 5) is 0. The summed E-state index contributed by atoms with van der Waals surface area (Å²) in [5, 5.41) is 8.07. The van der Waals surface area contributed by atoms with E-state index in [0.29, 0.717) is 17.7 Å². The van der Waals surface area contributed by atoms with E-state index < -0.39 is 0 Å². The van der Waals surface area contributed by atoms with Crippen LogP contribution in [0.5, 0.6) is 0 Å². The summed E-state index contributed by atoms with van der Waals surface area (Å²) in [5.41, 5.74) is 1.27. The van der Waals surface area contributed by atoms with Crippen molar-refractivity contribution in [1.29, 1.82) is 0 Å². The Bertz CT molecular complexity index is 494. The zero-order chi connectivity index (χ0) is 12.3. The summed E-state index contributed by atoms with van der Waals surface area (Å²) in [6.07, 6.45) is 1.70. The minimum atomic E-state index is 0.294. The van der Waals surface area contributed by atoms with E-state index in [1.54, 1.807) is 0 Å². The van der Waals surface area contributed by atoms with Gasteiger partial charge in [0.05, 0.1) is 0 Å². The molecule has 0 aliphatic rings. The Balaban J connectivity index is 1.97. The van der Waals surface area contributed by atoms with Crippen molar-refractivity contribution in [3.63, 3.8) is 0 Å². The van der Waals surface area contributed by atoms with Crippen LogP contribution in [0.1, 0.15) is 37.1 Å². The van der Waals surface area contributed by atoms with Gasteiger partial charge >= 0.3 is 0 Å². The lowest BCUT2D eigenvalue weighted by molar-refractivity contribution is 0.431. The molecule has 0 amide bonds. The first kappa shape index (κ1) is 12.3. The first-order valence-corrected chi connectivity index (χ1v) is 6.51. The number of halogens is 1. The van der Waals surface area contributed by atoms with Crippen LogP contribution in [0, 0.1) is 0 Å². The maximum absolute atomic E-state index is 5.56. The second-order valence-electron chi connectivity index (χ2n) is 4.32. The van der Waals surface area contributed by atoms with Crippen molar-refractivity contribution < 1.29 is 4.42 Å². The van der Waals surface area contributed by atoms with E-state index in [2.05, 4.69) is 38.3 Å². The largest absolute Gasteiger partial charge is 0.425 e. The molecule has 0 aliphatic heterocycles. The molecule has 1 aromatic carbocycles. The summed E-state index contributed by atoms with van der Waals surface area (Å²) in [7, 11) is 0. The molecule has 2 rings (SSSR count). The van der Waals surface area contributed by atoms with Crippen LogP contribution in [0.25, 0.3) is 0 Å². The molecule has 90 valence electrons. The SMILES string of the molecule is CC(C)c1nnc(CCc2cccc(Br)c2)o1. The molecule has 0 aliphatic carbocycles. The molecule has 1 aromatic heterocycles. The fraction of sp³-hybridized carbons (Fsp3) is 0.385. The summed E-state index contributed by atoms with van der Waals surface area (Å²) < 4.78 is 6.66. The molecule has 17 heavy (non-hydrogen) atoms. The standard InChI is InChI=1S/C13H15BrN2O/c1-9(2)13-16-15-12(17-13)7-6-10-4-3-5-11(14)8-10/h3-5,8-9H,6-7H2,1-2H3. The summed E-state index contributed by atoms with van der Waals surface area (Å²) in [5.74, 6) is 1.73. The molecule has 0 unspecified atom stereocenters. The second kappa shape index (κ2) is 5.45. The van der Waals surface area contributed by atoms with Crippen molar-refractivity contribution in [3.8, 4) is 0 Å². The van der Waals surface area contributed by atoms with Crippen molar-refractivity contribution in [2.45, 2.75) is 32.6 Å². The van der Waals surface area contributed by atoms with Crippen LogP contribution in [0.15, 0.2) is 33.2 Å². The number of aryl methyl sites for hydroxylation is 2. The minimum Gasteiger partial charge on any atom is -0.425 e. The van der Waals surface area contributed by atoms with Crippen molar-refractivity contribution in [1.82, 2.24) is 10.2 Å². The third kappa shape index (κ3) is 3.40. The zero-order valence-electron chi connectivity index (χ0n) is 9.98. The van der Waals surface area contributed by atoms with Crippen molar-refractivity contribution in [2.75, 3.05) is 0 Å². The summed E-state index contributed by atoms with van der Waals surface area (Å²) in [6, 6.07) is 8.27. The van der Waals surface area contributed by atoms with Crippen LogP contribution >= 0.6 is 15.9 Å². The highest BCUT2D eigenvalue weighted by atomic mass is 79.9. The van der Waals surface area contributed by atoms with Gasteiger partial charge in [0, 0.05) is 16.8 Å². The van der Waals surface area contributed by atoms with Gasteiger partial charge in [-0.3, -0.25) is 0 Å². The van der Waals surface area contributed by atoms with E-state index >= 15 is 0 Å². The lowest BCUT2D eigenvalue weighted by atomic mass is 10.1. The van der Waals surface area contributed by atoms with Gasteiger partial charge in [0.1, 0.15) is 0 Å². The zero-order valence-corrected chi connectivity index (χ0v) is 11.6. The van der Waals surface area contributed by atoms with Crippen molar-refractivity contribution in [3.05, 3.63) is 46.1 Å². The Kier molecular flexibility index (Phi) is 3.94. The molecule has 0 N–H and O–H groups in total. The fourth-order valence-electron chi connectivity index (χ4n) is 1.54. The van der Waals surface area contributed by atoms with Crippen molar-refractivity contribution in [2.24, 2.45) is 0 Å². The number of hydrogen-bond acceptors (Lipinski definition) is 3. The van der Waals surface area contributed by atoms with E-state index in [9.17, 15) is 0 Å². The molecule has 1 heterocycles. The van der Waals surface area contributed by atoms with Gasteiger partial charge < -0.3 is 4.42 Å². The van der Waals surface area contributed by atoms with Crippen LogP contribution < -0.4 is 0 Å². The van der Waals surface area contributed by atoms with Gasteiger partial charge in [0.2, 0.25) is 11.8 Å². The van der Waals surface area contributed by atoms with Gasteiger partial charge in [-0.15, -0.1) is 10.2 Å². The lowest BCUT2D eigenvalue weighted by Gasteiger charge is -1.99. The molecule has 0 fully saturated rings. The second-order valence-corrected chi connectivity index (χ2v) is 5.23. The Morgan fingerprint density at radius 3 is 2.71 bits per heavy atom. The van der Waals surface area contributed by atoms with Crippen molar-refractivity contribution >= 4 is 15.9 Å². The highest BCUT2D eigenvalue weighted by molar-refractivity contribution is 9.10. The van der Waals surface area contributed by atoms with Gasteiger partial charge in [-0.25, -0.2) is 0 Å². The van der Waals surface area contributed by atoms with Gasteiger partial charge in [0.15, 0.2) is 0 Å². The molecule has 3 nitrogen and oxygen atoms in total. The molecule has 0 spiro atoms. The molecule has 0 saturated heterocycles. The molecule has 0 radical (unpaired) electrons. The number of benzene rings is 1. The van der Waals surface area contributed by atoms with Crippen LogP contribution in [0.3, 0.4) is 0 Å². The van der Waals surface area contributed by atoms with E-state index in [0.717, 1.165) is 17.3 Å². The van der Waals surface area contributed by atoms with Gasteiger partial charge in [-0.1, -0.05) is 41.9 Å². The first-order chi connectivity index (χ1) is 8.15. The molecular weight excluding hydrogens is 280 g/mol. The summed E-state index contributed by atoms with van der Waals surface area (Å²) in [6.45, 7) is 4.09. The van der Waals surface area contributed by atoms with Gasteiger partial charge in [0.25, 0.3) is 0 Å². The normalized spacial score (nSPS) is 11.1. The third-order valence-electron chi connectivity index (χ3n) is 2.49. The number of rotatable bonds is 4. The Labute approximate surface area is 109 Å². The number of hydrogen-bond donors (Lipinski definition) is 0. The highest BCUT2D eigenvalue weighted by Crippen LogP contribution is 2.15. The van der Waals surface area contributed by atoms with Crippen LogP contribution in [-0.4, -0.2) is 10.2 Å². The van der Waals surface area contributed by atoms with E-state index in [1.807, 2.05) is 26.0 Å². The quantitative estimate of drug-likeness (QED) is 0.862. The van der Waals surface area contributed by atoms with E-state index in [4.69, 9.17) is 4.42 Å². The predicted molar refractivity (Wildman–Crippen MR) is 69.9 cm³/mol. The monoisotopic (exact) mass is 294 g/mol. The van der Waals surface area contributed by atoms with E-state index in [-0.39, 0.29) is 0 Å². The number of nitrogens with zero attached hydrogens (tertiary/aromatic N) is 2. The molecule has 0 bridgehead atoms. The molecule has 0 saturated carbocycles. The maximum Gasteiger partial charge on any atom is 0.219 e. The molecule has 4 heteroatoms. The number of aromatic nitrogens is 2. The maximum atomic E-state index is 5.56. The Morgan fingerprint density at radius 2 is 2.06 bits per heavy atom. The van der Waals surface area contributed by atoms with Gasteiger partial charge in [-0.05, 0) is 24.1 Å². The molecular formula is C13H15BrN2O. The van der Waals surface area contributed by atoms with Crippen LogP contribution in [0.4, 0.5) is 0 Å². The first-order valence-electron chi connectivity index (χ1n) is 5.72. The average Bonchev–Trinajstić information content (AvgIpc) is 2.75. The Hall–Kier alpha value is -1.16. The Morgan fingerprint density at radius 1 is 1.24 bits per heavy atom. The lowest BCUT2D eigenvalue weighted by Crippen LogP contribution is -1.91. The third-order valence-corrected chi connectivity index (χ3v) is 2.99. The van der Waals surface area contributed by atoms with Crippen LogP contribution in [0.2, 0.25) is 0 Å². The van der Waals surface area contributed by atoms with Crippen LogP contribution in [-0.2, 0) is 12.8 Å². The molecule has 0 atom stereocenters.